The molecule has 0 unspecified atom stereocenters. The molecule has 60 valence electrons. The van der Waals surface area contributed by atoms with Gasteiger partial charge in [-0.3, -0.25) is 4.98 Å². The van der Waals surface area contributed by atoms with Gasteiger partial charge in [-0.05, 0) is 18.2 Å². The molecule has 0 atom stereocenters. The summed E-state index contributed by atoms with van der Waals surface area (Å²) in [6.45, 7) is 0. The lowest BCUT2D eigenvalue weighted by Gasteiger charge is -2.01. The third-order valence-electron chi connectivity index (χ3n) is 1.80. The van der Waals surface area contributed by atoms with Crippen LogP contribution >= 0.6 is 11.6 Å². The molecule has 0 aliphatic heterocycles. The van der Waals surface area contributed by atoms with Gasteiger partial charge in [0.25, 0.3) is 0 Å². The minimum absolute atomic E-state index is 0.710. The van der Waals surface area contributed by atoms with E-state index in [1.54, 1.807) is 24.5 Å². The lowest BCUT2D eigenvalue weighted by molar-refractivity contribution is 1.36. The van der Waals surface area contributed by atoms with Crippen molar-refractivity contribution in [3.8, 4) is 0 Å². The smallest absolute Gasteiger partial charge is 0.0487 e. The van der Waals surface area contributed by atoms with Crippen molar-refractivity contribution in [1.82, 2.24) is 4.98 Å². The van der Waals surface area contributed by atoms with Gasteiger partial charge in [-0.1, -0.05) is 11.6 Å². The quantitative estimate of drug-likeness (QED) is 0.630. The molecule has 0 fully saturated rings. The molecule has 0 amide bonds. The molecule has 0 saturated heterocycles. The molecule has 0 radical (unpaired) electrons. The number of pyridine rings is 1. The first kappa shape index (κ1) is 7.37. The van der Waals surface area contributed by atoms with Crippen LogP contribution in [-0.2, 0) is 0 Å². The van der Waals surface area contributed by atoms with E-state index in [4.69, 9.17) is 17.3 Å². The topological polar surface area (TPSA) is 38.9 Å². The summed E-state index contributed by atoms with van der Waals surface area (Å²) < 4.78 is 0. The molecule has 2 N–H and O–H groups in total. The van der Waals surface area contributed by atoms with Crippen LogP contribution in [0.2, 0.25) is 5.02 Å². The molecule has 1 aromatic carbocycles. The monoisotopic (exact) mass is 178 g/mol. The SMILES string of the molecule is Nc1ccc(Cl)c2ccncc12. The van der Waals surface area contributed by atoms with E-state index in [1.165, 1.54) is 0 Å². The third-order valence-corrected chi connectivity index (χ3v) is 2.13. The zero-order chi connectivity index (χ0) is 8.55. The highest BCUT2D eigenvalue weighted by molar-refractivity contribution is 6.35. The van der Waals surface area contributed by atoms with Crippen molar-refractivity contribution in [2.75, 3.05) is 5.73 Å². The van der Waals surface area contributed by atoms with Crippen molar-refractivity contribution < 1.29 is 0 Å². The number of fused-ring (bicyclic) bond motifs is 1. The molecule has 1 heterocycles. The number of hydrogen-bond donors (Lipinski definition) is 1. The van der Waals surface area contributed by atoms with Gasteiger partial charge in [0, 0.05) is 33.9 Å². The first-order chi connectivity index (χ1) is 5.79. The number of hydrogen-bond acceptors (Lipinski definition) is 2. The number of nitrogens with two attached hydrogens (primary N) is 1. The van der Waals surface area contributed by atoms with Gasteiger partial charge in [-0.25, -0.2) is 0 Å². The van der Waals surface area contributed by atoms with Crippen LogP contribution < -0.4 is 5.73 Å². The van der Waals surface area contributed by atoms with E-state index < -0.39 is 0 Å². The summed E-state index contributed by atoms with van der Waals surface area (Å²) in [6, 6.07) is 5.43. The molecule has 2 rings (SSSR count). The summed E-state index contributed by atoms with van der Waals surface area (Å²) >= 11 is 5.95. The lowest BCUT2D eigenvalue weighted by Crippen LogP contribution is -1.87. The lowest BCUT2D eigenvalue weighted by atomic mass is 10.1. The van der Waals surface area contributed by atoms with E-state index in [0.29, 0.717) is 10.7 Å². The van der Waals surface area contributed by atoms with E-state index in [-0.39, 0.29) is 0 Å². The van der Waals surface area contributed by atoms with Gasteiger partial charge >= 0.3 is 0 Å². The number of nitrogens with zero attached hydrogens (tertiary/aromatic N) is 1. The largest absolute Gasteiger partial charge is 0.398 e. The number of aromatic nitrogens is 1. The van der Waals surface area contributed by atoms with Gasteiger partial charge < -0.3 is 5.73 Å². The highest BCUT2D eigenvalue weighted by Gasteiger charge is 2.00. The normalized spacial score (nSPS) is 10.4. The van der Waals surface area contributed by atoms with Crippen molar-refractivity contribution in [1.29, 1.82) is 0 Å². The maximum absolute atomic E-state index is 5.95. The Balaban J connectivity index is 2.95. The fourth-order valence-corrected chi connectivity index (χ4v) is 1.40. The van der Waals surface area contributed by atoms with Gasteiger partial charge in [-0.2, -0.15) is 0 Å². The van der Waals surface area contributed by atoms with Crippen LogP contribution in [-0.4, -0.2) is 4.98 Å². The Morgan fingerprint density at radius 2 is 2.00 bits per heavy atom. The van der Waals surface area contributed by atoms with Crippen molar-refractivity contribution in [2.24, 2.45) is 0 Å². The second-order valence-electron chi connectivity index (χ2n) is 2.56. The highest BCUT2D eigenvalue weighted by atomic mass is 35.5. The first-order valence-corrected chi connectivity index (χ1v) is 3.94. The van der Waals surface area contributed by atoms with Gasteiger partial charge in [-0.15, -0.1) is 0 Å². The summed E-state index contributed by atoms with van der Waals surface area (Å²) in [5.41, 5.74) is 6.44. The molecule has 0 bridgehead atoms. The predicted octanol–water partition coefficient (Wildman–Crippen LogP) is 2.47. The van der Waals surface area contributed by atoms with Crippen LogP contribution in [0.5, 0.6) is 0 Å². The Morgan fingerprint density at radius 3 is 2.75 bits per heavy atom. The van der Waals surface area contributed by atoms with Crippen molar-refractivity contribution in [3.63, 3.8) is 0 Å². The zero-order valence-corrected chi connectivity index (χ0v) is 7.05. The summed E-state index contributed by atoms with van der Waals surface area (Å²) in [6.07, 6.45) is 3.42. The average molecular weight is 179 g/mol. The molecule has 0 saturated carbocycles. The van der Waals surface area contributed by atoms with Gasteiger partial charge in [0.05, 0.1) is 0 Å². The average Bonchev–Trinajstić information content (AvgIpc) is 2.12. The molecule has 0 spiro atoms. The number of anilines is 1. The van der Waals surface area contributed by atoms with Crippen LogP contribution in [0, 0.1) is 0 Å². The predicted molar refractivity (Wildman–Crippen MR) is 51.2 cm³/mol. The van der Waals surface area contributed by atoms with E-state index in [2.05, 4.69) is 4.98 Å². The maximum Gasteiger partial charge on any atom is 0.0487 e. The van der Waals surface area contributed by atoms with Crippen LogP contribution in [0.1, 0.15) is 0 Å². The summed E-state index contributed by atoms with van der Waals surface area (Å²) in [7, 11) is 0. The Kier molecular flexibility index (Phi) is 1.62. The van der Waals surface area contributed by atoms with Crippen molar-refractivity contribution in [3.05, 3.63) is 35.6 Å². The van der Waals surface area contributed by atoms with Crippen LogP contribution in [0.25, 0.3) is 10.8 Å². The molecule has 2 nitrogen and oxygen atoms in total. The molecule has 3 heteroatoms. The minimum Gasteiger partial charge on any atom is -0.398 e. The molecular weight excluding hydrogens is 172 g/mol. The van der Waals surface area contributed by atoms with Crippen LogP contribution in [0.4, 0.5) is 5.69 Å². The Morgan fingerprint density at radius 1 is 1.17 bits per heavy atom. The Labute approximate surface area is 75.0 Å². The molecular formula is C9H7ClN2. The van der Waals surface area contributed by atoms with Gasteiger partial charge in [0.2, 0.25) is 0 Å². The van der Waals surface area contributed by atoms with E-state index in [9.17, 15) is 0 Å². The second kappa shape index (κ2) is 2.64. The fraction of sp³-hybridized carbons (Fsp3) is 0. The molecule has 0 aliphatic rings. The van der Waals surface area contributed by atoms with Gasteiger partial charge in [0.15, 0.2) is 0 Å². The van der Waals surface area contributed by atoms with Crippen molar-refractivity contribution in [2.45, 2.75) is 0 Å². The van der Waals surface area contributed by atoms with Crippen molar-refractivity contribution >= 4 is 28.1 Å². The third kappa shape index (κ3) is 1.01. The van der Waals surface area contributed by atoms with Crippen LogP contribution in [0.15, 0.2) is 30.6 Å². The number of benzene rings is 1. The van der Waals surface area contributed by atoms with Crippen LogP contribution in [0.3, 0.4) is 0 Å². The highest BCUT2D eigenvalue weighted by Crippen LogP contribution is 2.26. The molecule has 12 heavy (non-hydrogen) atoms. The first-order valence-electron chi connectivity index (χ1n) is 3.57. The van der Waals surface area contributed by atoms with E-state index in [1.807, 2.05) is 6.07 Å². The summed E-state index contributed by atoms with van der Waals surface area (Å²) in [4.78, 5) is 3.98. The Bertz CT molecular complexity index is 385. The summed E-state index contributed by atoms with van der Waals surface area (Å²) in [5.74, 6) is 0. The summed E-state index contributed by atoms with van der Waals surface area (Å²) in [5, 5.41) is 2.57. The zero-order valence-electron chi connectivity index (χ0n) is 6.29. The van der Waals surface area contributed by atoms with Gasteiger partial charge in [0.1, 0.15) is 0 Å². The maximum atomic E-state index is 5.95. The molecule has 0 aliphatic carbocycles. The molecule has 2 aromatic rings. The number of rotatable bonds is 0. The second-order valence-corrected chi connectivity index (χ2v) is 2.97. The van der Waals surface area contributed by atoms with E-state index in [0.717, 1.165) is 10.8 Å². The standard InChI is InChI=1S/C9H7ClN2/c10-8-1-2-9(11)7-5-12-4-3-6(7)8/h1-5H,11H2. The van der Waals surface area contributed by atoms with E-state index >= 15 is 0 Å². The fourth-order valence-electron chi connectivity index (χ4n) is 1.18. The molecule has 1 aromatic heterocycles. The number of nitrogen functional groups attached to an aromatic ring is 1. The Hall–Kier alpha value is -1.28. The number of halogens is 1. The minimum atomic E-state index is 0.710.